The van der Waals surface area contributed by atoms with Gasteiger partial charge in [-0.2, -0.15) is 0 Å². The van der Waals surface area contributed by atoms with Crippen molar-refractivity contribution in [2.75, 3.05) is 13.7 Å². The molecule has 0 spiro atoms. The minimum atomic E-state index is -1.10. The van der Waals surface area contributed by atoms with Crippen LogP contribution in [0.25, 0.3) is 0 Å². The highest BCUT2D eigenvalue weighted by atomic mass is 16.5. The van der Waals surface area contributed by atoms with Gasteiger partial charge in [-0.05, 0) is 48.4 Å². The lowest BCUT2D eigenvalue weighted by Crippen LogP contribution is -2.44. The number of aliphatic hydroxyl groups excluding tert-OH is 3. The zero-order valence-corrected chi connectivity index (χ0v) is 15.8. The van der Waals surface area contributed by atoms with Crippen LogP contribution < -0.4 is 10.1 Å². The van der Waals surface area contributed by atoms with Gasteiger partial charge in [0.05, 0.1) is 18.8 Å². The first-order valence-electron chi connectivity index (χ1n) is 9.15. The van der Waals surface area contributed by atoms with E-state index < -0.39 is 24.4 Å². The highest BCUT2D eigenvalue weighted by molar-refractivity contribution is 5.94. The normalized spacial score (nSPS) is 24.6. The van der Waals surface area contributed by atoms with Crippen LogP contribution >= 0.6 is 0 Å². The van der Waals surface area contributed by atoms with Gasteiger partial charge < -0.3 is 30.1 Å². The van der Waals surface area contributed by atoms with Gasteiger partial charge >= 0.3 is 0 Å². The highest BCUT2D eigenvalue weighted by Crippen LogP contribution is 2.35. The summed E-state index contributed by atoms with van der Waals surface area (Å²) in [6.45, 7) is 1.65. The Morgan fingerprint density at radius 2 is 2.00 bits per heavy atom. The smallest absolute Gasteiger partial charge is 0.251 e. The monoisotopic (exact) mass is 387 g/mol. The molecule has 2 aromatic rings. The molecule has 0 saturated carbocycles. The van der Waals surface area contributed by atoms with Crippen LogP contribution in [-0.2, 0) is 4.74 Å². The topological polar surface area (TPSA) is 108 Å². The van der Waals surface area contributed by atoms with E-state index in [0.717, 1.165) is 5.56 Å². The van der Waals surface area contributed by atoms with E-state index in [2.05, 4.69) is 5.32 Å². The van der Waals surface area contributed by atoms with Gasteiger partial charge in [-0.1, -0.05) is 12.1 Å². The van der Waals surface area contributed by atoms with Crippen LogP contribution in [0.5, 0.6) is 11.5 Å². The number of aryl methyl sites for hydroxylation is 1. The minimum absolute atomic E-state index is 0.176. The second kappa shape index (κ2) is 8.70. The Balaban J connectivity index is 1.87. The summed E-state index contributed by atoms with van der Waals surface area (Å²) in [5.74, 6) is 0.801. The van der Waals surface area contributed by atoms with Crippen molar-refractivity contribution in [1.82, 2.24) is 5.32 Å². The first-order valence-corrected chi connectivity index (χ1v) is 9.15. The predicted molar refractivity (Wildman–Crippen MR) is 102 cm³/mol. The minimum Gasteiger partial charge on any atom is -0.457 e. The molecular weight excluding hydrogens is 362 g/mol. The van der Waals surface area contributed by atoms with Gasteiger partial charge in [-0.3, -0.25) is 4.79 Å². The average molecular weight is 387 g/mol. The van der Waals surface area contributed by atoms with Crippen LogP contribution in [-0.4, -0.2) is 53.2 Å². The molecule has 1 amide bonds. The van der Waals surface area contributed by atoms with Crippen molar-refractivity contribution >= 4 is 5.91 Å². The predicted octanol–water partition coefficient (Wildman–Crippen LogP) is 1.69. The standard InChI is InChI=1S/C21H25NO6/c1-12-6-14(20-19(25)18(24)10-17(11-23)28-20)9-16(7-12)27-15-5-3-4-13(8-15)21(26)22-2/h3-9,17-20,23-25H,10-11H2,1-2H3,(H,22,26)/t17?,18?,19?,20-/m1/s1. The third-order valence-corrected chi connectivity index (χ3v) is 4.71. The summed E-state index contributed by atoms with van der Waals surface area (Å²) >= 11 is 0. The number of carbonyl (C=O) groups is 1. The van der Waals surface area contributed by atoms with Crippen molar-refractivity contribution in [3.63, 3.8) is 0 Å². The van der Waals surface area contributed by atoms with Crippen molar-refractivity contribution in [2.24, 2.45) is 0 Å². The van der Waals surface area contributed by atoms with E-state index in [4.69, 9.17) is 9.47 Å². The van der Waals surface area contributed by atoms with Crippen LogP contribution in [0.15, 0.2) is 42.5 Å². The Morgan fingerprint density at radius 1 is 1.21 bits per heavy atom. The number of benzene rings is 2. The van der Waals surface area contributed by atoms with E-state index in [1.807, 2.05) is 19.1 Å². The van der Waals surface area contributed by atoms with E-state index in [1.165, 1.54) is 0 Å². The second-order valence-corrected chi connectivity index (χ2v) is 6.94. The molecule has 7 nitrogen and oxygen atoms in total. The van der Waals surface area contributed by atoms with Crippen molar-refractivity contribution in [1.29, 1.82) is 0 Å². The quantitative estimate of drug-likeness (QED) is 0.622. The molecule has 1 aliphatic heterocycles. The lowest BCUT2D eigenvalue weighted by Gasteiger charge is -2.37. The lowest BCUT2D eigenvalue weighted by molar-refractivity contribution is -0.179. The largest absolute Gasteiger partial charge is 0.457 e. The fraction of sp³-hybridized carbons (Fsp3) is 0.381. The summed E-state index contributed by atoms with van der Waals surface area (Å²) in [6, 6.07) is 12.2. The number of ether oxygens (including phenoxy) is 2. The molecule has 3 rings (SSSR count). The Kier molecular flexibility index (Phi) is 6.31. The highest BCUT2D eigenvalue weighted by Gasteiger charge is 2.37. The van der Waals surface area contributed by atoms with Gasteiger partial charge in [0.2, 0.25) is 0 Å². The summed E-state index contributed by atoms with van der Waals surface area (Å²) in [5.41, 5.74) is 2.00. The fourth-order valence-corrected chi connectivity index (χ4v) is 3.33. The van der Waals surface area contributed by atoms with Gasteiger partial charge in [0, 0.05) is 19.0 Å². The number of hydrogen-bond acceptors (Lipinski definition) is 6. The summed E-state index contributed by atoms with van der Waals surface area (Å²) in [7, 11) is 1.56. The molecule has 0 aromatic heterocycles. The average Bonchev–Trinajstić information content (AvgIpc) is 2.69. The Morgan fingerprint density at radius 3 is 2.71 bits per heavy atom. The maximum absolute atomic E-state index is 11.8. The number of amides is 1. The SMILES string of the molecule is CNC(=O)c1cccc(Oc2cc(C)cc([C@H]3OC(CO)CC(O)C3O)c2)c1. The lowest BCUT2D eigenvalue weighted by atomic mass is 9.92. The third kappa shape index (κ3) is 4.51. The van der Waals surface area contributed by atoms with Crippen molar-refractivity contribution in [3.05, 3.63) is 59.2 Å². The first-order chi connectivity index (χ1) is 13.4. The van der Waals surface area contributed by atoms with Crippen LogP contribution in [0.4, 0.5) is 0 Å². The van der Waals surface area contributed by atoms with E-state index in [1.54, 1.807) is 37.4 Å². The molecule has 1 heterocycles. The van der Waals surface area contributed by atoms with E-state index >= 15 is 0 Å². The van der Waals surface area contributed by atoms with Crippen molar-refractivity contribution < 1.29 is 29.6 Å². The molecule has 4 N–H and O–H groups in total. The molecule has 0 bridgehead atoms. The van der Waals surface area contributed by atoms with Crippen LogP contribution in [0.1, 0.15) is 34.0 Å². The number of aliphatic hydroxyl groups is 3. The zero-order valence-electron chi connectivity index (χ0n) is 15.8. The zero-order chi connectivity index (χ0) is 20.3. The molecule has 150 valence electrons. The van der Waals surface area contributed by atoms with Crippen LogP contribution in [0.2, 0.25) is 0 Å². The van der Waals surface area contributed by atoms with Crippen LogP contribution in [0.3, 0.4) is 0 Å². The number of hydrogen-bond donors (Lipinski definition) is 4. The van der Waals surface area contributed by atoms with E-state index in [9.17, 15) is 20.1 Å². The van der Waals surface area contributed by atoms with Crippen LogP contribution in [0, 0.1) is 6.92 Å². The molecule has 1 saturated heterocycles. The molecule has 4 atom stereocenters. The Bertz CT molecular complexity index is 839. The Labute approximate surface area is 163 Å². The summed E-state index contributed by atoms with van der Waals surface area (Å²) in [4.78, 5) is 11.8. The molecule has 3 unspecified atom stereocenters. The maximum Gasteiger partial charge on any atom is 0.251 e. The third-order valence-electron chi connectivity index (χ3n) is 4.71. The summed E-state index contributed by atoms with van der Waals surface area (Å²) in [5, 5.41) is 32.4. The van der Waals surface area contributed by atoms with Gasteiger partial charge in [-0.15, -0.1) is 0 Å². The summed E-state index contributed by atoms with van der Waals surface area (Å²) in [6.07, 6.45) is -3.23. The molecule has 2 aromatic carbocycles. The van der Waals surface area contributed by atoms with Crippen molar-refractivity contribution in [3.8, 4) is 11.5 Å². The molecule has 1 fully saturated rings. The molecule has 1 aliphatic rings. The fourth-order valence-electron chi connectivity index (χ4n) is 3.33. The molecule has 7 heteroatoms. The first kappa shape index (κ1) is 20.3. The Hall–Kier alpha value is -2.45. The van der Waals surface area contributed by atoms with Gasteiger partial charge in [0.25, 0.3) is 5.91 Å². The summed E-state index contributed by atoms with van der Waals surface area (Å²) < 4.78 is 11.7. The molecular formula is C21H25NO6. The van der Waals surface area contributed by atoms with E-state index in [0.29, 0.717) is 22.6 Å². The van der Waals surface area contributed by atoms with E-state index in [-0.39, 0.29) is 18.9 Å². The number of nitrogens with one attached hydrogen (secondary N) is 1. The number of rotatable bonds is 5. The molecule has 0 radical (unpaired) electrons. The van der Waals surface area contributed by atoms with Gasteiger partial charge in [0.15, 0.2) is 0 Å². The molecule has 0 aliphatic carbocycles. The second-order valence-electron chi connectivity index (χ2n) is 6.94. The van der Waals surface area contributed by atoms with Gasteiger partial charge in [-0.25, -0.2) is 0 Å². The van der Waals surface area contributed by atoms with Crippen molar-refractivity contribution in [2.45, 2.75) is 37.8 Å². The number of carbonyl (C=O) groups excluding carboxylic acids is 1. The van der Waals surface area contributed by atoms with Gasteiger partial charge in [0.1, 0.15) is 23.7 Å². The molecule has 28 heavy (non-hydrogen) atoms. The maximum atomic E-state index is 11.8.